The Morgan fingerprint density at radius 3 is 2.85 bits per heavy atom. The number of nitriles is 1. The maximum Gasteiger partial charge on any atom is 0.251 e. The molecule has 1 atom stereocenters. The Morgan fingerprint density at radius 1 is 1.33 bits per heavy atom. The van der Waals surface area contributed by atoms with Gasteiger partial charge in [-0.15, -0.1) is 11.3 Å². The Morgan fingerprint density at radius 2 is 2.15 bits per heavy atom. The number of nitrogens with one attached hydrogen (secondary N) is 1. The molecule has 0 fully saturated rings. The van der Waals surface area contributed by atoms with E-state index in [9.17, 15) is 9.90 Å². The third-order valence-corrected chi connectivity index (χ3v) is 5.08. The zero-order chi connectivity index (χ0) is 19.4. The number of amides is 1. The zero-order valence-corrected chi connectivity index (χ0v) is 15.6. The van der Waals surface area contributed by atoms with Crippen molar-refractivity contribution in [3.8, 4) is 17.5 Å². The molecule has 136 valence electrons. The fraction of sp³-hybridized carbons (Fsp3) is 0.211. The van der Waals surface area contributed by atoms with Gasteiger partial charge in [-0.05, 0) is 31.5 Å². The molecule has 3 rings (SSSR count). The lowest BCUT2D eigenvalue weighted by molar-refractivity contribution is 0.0917. The maximum atomic E-state index is 12.6. The van der Waals surface area contributed by atoms with E-state index < -0.39 is 6.10 Å². The first kappa shape index (κ1) is 18.6. The largest absolute Gasteiger partial charge is 0.386 e. The molecule has 0 saturated carbocycles. The van der Waals surface area contributed by atoms with Gasteiger partial charge in [-0.3, -0.25) is 4.79 Å². The van der Waals surface area contributed by atoms with Crippen molar-refractivity contribution in [3.05, 3.63) is 63.4 Å². The predicted octanol–water partition coefficient (Wildman–Crippen LogP) is 2.55. The van der Waals surface area contributed by atoms with E-state index in [1.54, 1.807) is 23.7 Å². The Balaban J connectivity index is 1.78. The van der Waals surface area contributed by atoms with Gasteiger partial charge in [0.2, 0.25) is 0 Å². The first-order valence-corrected chi connectivity index (χ1v) is 9.08. The van der Waals surface area contributed by atoms with Gasteiger partial charge in [0.25, 0.3) is 5.91 Å². The highest BCUT2D eigenvalue weighted by atomic mass is 32.1. The van der Waals surface area contributed by atoms with E-state index >= 15 is 0 Å². The molecule has 0 unspecified atom stereocenters. The van der Waals surface area contributed by atoms with Crippen molar-refractivity contribution in [2.75, 3.05) is 6.54 Å². The molecule has 0 radical (unpaired) electrons. The second-order valence-corrected chi connectivity index (χ2v) is 6.82. The van der Waals surface area contributed by atoms with Crippen LogP contribution in [0.25, 0.3) is 11.4 Å². The molecule has 0 aliphatic rings. The molecule has 2 N–H and O–H groups in total. The van der Waals surface area contributed by atoms with Crippen LogP contribution in [0.3, 0.4) is 0 Å². The SMILES string of the molecule is Cc1ccc(-c2nccc(C#N)n2)cc1C(=O)NC[C@@H](O)c1scnc1C. The lowest BCUT2D eigenvalue weighted by Crippen LogP contribution is -2.29. The van der Waals surface area contributed by atoms with Crippen molar-refractivity contribution >= 4 is 17.2 Å². The number of hydrogen-bond acceptors (Lipinski definition) is 7. The molecule has 0 aliphatic carbocycles. The summed E-state index contributed by atoms with van der Waals surface area (Å²) in [5, 5.41) is 22.0. The molecule has 7 nitrogen and oxygen atoms in total. The van der Waals surface area contributed by atoms with Gasteiger partial charge in [-0.1, -0.05) is 12.1 Å². The molecular weight excluding hydrogens is 362 g/mol. The molecule has 0 spiro atoms. The Labute approximate surface area is 160 Å². The van der Waals surface area contributed by atoms with Crippen LogP contribution in [-0.2, 0) is 0 Å². The number of rotatable bonds is 5. The number of thiazole rings is 1. The van der Waals surface area contributed by atoms with E-state index in [1.807, 2.05) is 19.9 Å². The molecule has 0 saturated heterocycles. The van der Waals surface area contributed by atoms with Gasteiger partial charge in [0.1, 0.15) is 17.9 Å². The summed E-state index contributed by atoms with van der Waals surface area (Å²) in [7, 11) is 0. The highest BCUT2D eigenvalue weighted by Gasteiger charge is 2.16. The Kier molecular flexibility index (Phi) is 5.54. The molecular formula is C19H17N5O2S. The molecule has 2 heterocycles. The van der Waals surface area contributed by atoms with E-state index in [0.717, 1.165) is 16.1 Å². The molecule has 3 aromatic rings. The van der Waals surface area contributed by atoms with Gasteiger partial charge in [0, 0.05) is 23.9 Å². The smallest absolute Gasteiger partial charge is 0.251 e. The lowest BCUT2D eigenvalue weighted by atomic mass is 10.0. The number of aliphatic hydroxyl groups is 1. The molecule has 2 aromatic heterocycles. The standard InChI is InChI=1S/C19H17N5O2S/c1-11-3-4-13(18-21-6-5-14(8-20)24-18)7-15(11)19(26)22-9-16(25)17-12(2)23-10-27-17/h3-7,10,16,25H,9H2,1-2H3,(H,22,26)/t16-/m1/s1. The van der Waals surface area contributed by atoms with Crippen molar-refractivity contribution in [3.63, 3.8) is 0 Å². The van der Waals surface area contributed by atoms with E-state index in [-0.39, 0.29) is 18.1 Å². The summed E-state index contributed by atoms with van der Waals surface area (Å²) in [6.45, 7) is 3.74. The van der Waals surface area contributed by atoms with Crippen LogP contribution in [0.15, 0.2) is 36.0 Å². The molecule has 27 heavy (non-hydrogen) atoms. The molecule has 1 amide bonds. The summed E-state index contributed by atoms with van der Waals surface area (Å²) in [6, 6.07) is 8.79. The summed E-state index contributed by atoms with van der Waals surface area (Å²) in [5.41, 5.74) is 4.58. The number of hydrogen-bond donors (Lipinski definition) is 2. The van der Waals surface area contributed by atoms with Crippen LogP contribution >= 0.6 is 11.3 Å². The van der Waals surface area contributed by atoms with Crippen LogP contribution in [0.2, 0.25) is 0 Å². The topological polar surface area (TPSA) is 112 Å². The van der Waals surface area contributed by atoms with Gasteiger partial charge in [0.15, 0.2) is 5.82 Å². The number of benzene rings is 1. The minimum atomic E-state index is -0.805. The van der Waals surface area contributed by atoms with Gasteiger partial charge in [0.05, 0.1) is 16.1 Å². The monoisotopic (exact) mass is 379 g/mol. The molecule has 1 aromatic carbocycles. The van der Waals surface area contributed by atoms with Crippen LogP contribution in [0.1, 0.15) is 38.3 Å². The van der Waals surface area contributed by atoms with Crippen LogP contribution in [0, 0.1) is 25.2 Å². The summed E-state index contributed by atoms with van der Waals surface area (Å²) < 4.78 is 0. The summed E-state index contributed by atoms with van der Waals surface area (Å²) in [6.07, 6.45) is 0.703. The third-order valence-electron chi connectivity index (χ3n) is 4.05. The minimum absolute atomic E-state index is 0.0892. The minimum Gasteiger partial charge on any atom is -0.386 e. The van der Waals surface area contributed by atoms with Gasteiger partial charge in [-0.25, -0.2) is 15.0 Å². The second-order valence-electron chi connectivity index (χ2n) is 5.93. The Hall–Kier alpha value is -3.15. The number of aryl methyl sites for hydroxylation is 2. The van der Waals surface area contributed by atoms with Crippen LogP contribution in [-0.4, -0.2) is 32.5 Å². The average Bonchev–Trinajstić information content (AvgIpc) is 3.12. The summed E-state index contributed by atoms with van der Waals surface area (Å²) in [4.78, 5) is 25.8. The van der Waals surface area contributed by atoms with E-state index in [2.05, 4.69) is 20.3 Å². The number of nitrogens with zero attached hydrogens (tertiary/aromatic N) is 4. The van der Waals surface area contributed by atoms with Crippen LogP contribution in [0.5, 0.6) is 0 Å². The zero-order valence-electron chi connectivity index (χ0n) is 14.8. The Bertz CT molecular complexity index is 1020. The van der Waals surface area contributed by atoms with Gasteiger partial charge in [-0.2, -0.15) is 5.26 Å². The molecule has 0 bridgehead atoms. The average molecular weight is 379 g/mol. The lowest BCUT2D eigenvalue weighted by Gasteiger charge is -2.13. The second kappa shape index (κ2) is 8.03. The van der Waals surface area contributed by atoms with Crippen molar-refractivity contribution in [1.82, 2.24) is 20.3 Å². The maximum absolute atomic E-state index is 12.6. The number of aliphatic hydroxyl groups excluding tert-OH is 1. The third kappa shape index (κ3) is 4.16. The number of carbonyl (C=O) groups excluding carboxylic acids is 1. The van der Waals surface area contributed by atoms with Crippen molar-refractivity contribution in [2.24, 2.45) is 0 Å². The van der Waals surface area contributed by atoms with E-state index in [1.165, 1.54) is 23.6 Å². The van der Waals surface area contributed by atoms with Crippen LogP contribution < -0.4 is 5.32 Å². The normalized spacial score (nSPS) is 11.6. The van der Waals surface area contributed by atoms with E-state index in [0.29, 0.717) is 17.0 Å². The summed E-state index contributed by atoms with van der Waals surface area (Å²) >= 11 is 1.36. The van der Waals surface area contributed by atoms with Crippen LogP contribution in [0.4, 0.5) is 0 Å². The van der Waals surface area contributed by atoms with Gasteiger partial charge >= 0.3 is 0 Å². The quantitative estimate of drug-likeness (QED) is 0.705. The molecule has 0 aliphatic heterocycles. The summed E-state index contributed by atoms with van der Waals surface area (Å²) in [5.74, 6) is 0.0791. The van der Waals surface area contributed by atoms with Crippen molar-refractivity contribution in [2.45, 2.75) is 20.0 Å². The van der Waals surface area contributed by atoms with Crippen molar-refractivity contribution < 1.29 is 9.90 Å². The van der Waals surface area contributed by atoms with Gasteiger partial charge < -0.3 is 10.4 Å². The number of aromatic nitrogens is 3. The molecule has 8 heteroatoms. The predicted molar refractivity (Wildman–Crippen MR) is 101 cm³/mol. The first-order chi connectivity index (χ1) is 13.0. The first-order valence-electron chi connectivity index (χ1n) is 8.20. The number of carbonyl (C=O) groups is 1. The highest BCUT2D eigenvalue weighted by Crippen LogP contribution is 2.22. The van der Waals surface area contributed by atoms with Crippen molar-refractivity contribution in [1.29, 1.82) is 5.26 Å². The van der Waals surface area contributed by atoms with E-state index in [4.69, 9.17) is 5.26 Å². The fourth-order valence-electron chi connectivity index (χ4n) is 2.57. The fourth-order valence-corrected chi connectivity index (χ4v) is 3.36. The highest BCUT2D eigenvalue weighted by molar-refractivity contribution is 7.09.